The molecule has 1 unspecified atom stereocenters. The predicted octanol–water partition coefficient (Wildman–Crippen LogP) is -15.9. The molecular weight excluding hydrogens is 704 g/mol. The Morgan fingerprint density at radius 3 is 1.19 bits per heavy atom. The number of carboxylic acid groups (broad SMARTS) is 6. The van der Waals surface area contributed by atoms with Crippen LogP contribution in [-0.2, 0) is 38.9 Å². The van der Waals surface area contributed by atoms with E-state index in [1.54, 1.807) is 0 Å². The summed E-state index contributed by atoms with van der Waals surface area (Å²) < 4.78 is 29.1. The SMILES string of the molecule is CCCCCCCCCCCCC(CC(=O)[O-])(C(=O)[O-])S(=O)(=O)O.O=C([O-])CN(CCN(CC(=O)O)CC(=O)O)CC(=O)[O-].[Na+].[Na+].[Na+].[Na+]. The van der Waals surface area contributed by atoms with E-state index in [1.165, 1.54) is 25.7 Å². The van der Waals surface area contributed by atoms with Crippen molar-refractivity contribution in [3.63, 3.8) is 0 Å². The van der Waals surface area contributed by atoms with E-state index in [0.717, 1.165) is 35.5 Å². The van der Waals surface area contributed by atoms with Crippen molar-refractivity contribution in [1.29, 1.82) is 0 Å². The number of hydrogen-bond acceptors (Lipinski definition) is 14. The average Bonchev–Trinajstić information content (AvgIpc) is 2.85. The minimum atomic E-state index is -5.11. The number of aliphatic carboxylic acids is 6. The van der Waals surface area contributed by atoms with Gasteiger partial charge in [-0.3, -0.25) is 23.9 Å². The third kappa shape index (κ3) is 32.6. The van der Waals surface area contributed by atoms with Gasteiger partial charge in [0.05, 0.1) is 31.0 Å². The summed E-state index contributed by atoms with van der Waals surface area (Å²) in [4.78, 5) is 65.7. The molecule has 0 aromatic rings. The minimum Gasteiger partial charge on any atom is -0.550 e. The van der Waals surface area contributed by atoms with Crippen LogP contribution in [0.2, 0.25) is 0 Å². The first kappa shape index (κ1) is 60.7. The maximum atomic E-state index is 11.4. The summed E-state index contributed by atoms with van der Waals surface area (Å²) >= 11 is 0. The number of carbonyl (C=O) groups excluding carboxylic acids is 4. The van der Waals surface area contributed by atoms with Gasteiger partial charge >= 0.3 is 130 Å². The van der Waals surface area contributed by atoms with E-state index in [9.17, 15) is 57.6 Å². The topological polar surface area (TPSA) is 296 Å². The van der Waals surface area contributed by atoms with Gasteiger partial charge in [-0.05, 0) is 6.42 Å². The van der Waals surface area contributed by atoms with E-state index in [-0.39, 0.29) is 138 Å². The largest absolute Gasteiger partial charge is 1.00 e. The van der Waals surface area contributed by atoms with Crippen molar-refractivity contribution in [2.75, 3.05) is 39.3 Å². The van der Waals surface area contributed by atoms with Gasteiger partial charge in [0.2, 0.25) is 0 Å². The molecule has 0 saturated carbocycles. The molecule has 0 saturated heterocycles. The van der Waals surface area contributed by atoms with Gasteiger partial charge in [-0.25, -0.2) is 0 Å². The molecule has 0 aliphatic heterocycles. The van der Waals surface area contributed by atoms with Crippen LogP contribution in [0.25, 0.3) is 0 Å². The van der Waals surface area contributed by atoms with Crippen LogP contribution < -0.4 is 139 Å². The van der Waals surface area contributed by atoms with Crippen molar-refractivity contribution in [3.05, 3.63) is 0 Å². The maximum absolute atomic E-state index is 11.4. The molecule has 3 N–H and O–H groups in total. The van der Waals surface area contributed by atoms with Crippen molar-refractivity contribution in [1.82, 2.24) is 9.80 Å². The second-order valence-electron chi connectivity index (χ2n) is 10.2. The fourth-order valence-corrected chi connectivity index (χ4v) is 5.09. The van der Waals surface area contributed by atoms with Crippen LogP contribution in [0.3, 0.4) is 0 Å². The standard InChI is InChI=1S/C16H30O7S.C10H16N2O8.4Na/c1-2-3-4-5-6-7-8-9-10-11-12-16(15(19)20,13-14(17)18)24(21,22)23;13-7(14)3-11(4-8(15)16)1-2-12(5-9(17)18)6-10(19)20;;;;/h2-13H2,1H3,(H,17,18)(H,19,20)(H,21,22,23);1-6H2,(H,13,14)(H,15,16)(H,17,18)(H,19,20);;;;/q;;4*+1/p-4. The van der Waals surface area contributed by atoms with Gasteiger partial charge in [0.25, 0.3) is 10.1 Å². The molecule has 0 spiro atoms. The zero-order chi connectivity index (χ0) is 34.3. The quantitative estimate of drug-likeness (QED) is 0.0420. The Kier molecular flexibility index (Phi) is 43.9. The Hall–Kier alpha value is 0.650. The summed E-state index contributed by atoms with van der Waals surface area (Å²) in [5, 5.41) is 59.9. The Balaban J connectivity index is -0.000000172. The van der Waals surface area contributed by atoms with E-state index in [4.69, 9.17) is 14.8 Å². The number of rotatable bonds is 26. The Bertz CT molecular complexity index is 986. The zero-order valence-corrected chi connectivity index (χ0v) is 37.6. The maximum Gasteiger partial charge on any atom is 1.00 e. The fourth-order valence-electron chi connectivity index (χ4n) is 4.18. The number of carboxylic acids is 6. The van der Waals surface area contributed by atoms with Gasteiger partial charge < -0.3 is 49.8 Å². The van der Waals surface area contributed by atoms with Crippen molar-refractivity contribution in [3.8, 4) is 0 Å². The molecule has 0 aliphatic rings. The second kappa shape index (κ2) is 34.7. The van der Waals surface area contributed by atoms with Crippen LogP contribution >= 0.6 is 0 Å². The van der Waals surface area contributed by atoms with E-state index < -0.39 is 89.7 Å². The van der Waals surface area contributed by atoms with E-state index in [1.807, 2.05) is 0 Å². The van der Waals surface area contributed by atoms with Gasteiger partial charge in [-0.1, -0.05) is 71.1 Å². The third-order valence-electron chi connectivity index (χ3n) is 6.39. The smallest absolute Gasteiger partial charge is 0.550 e. The molecule has 1 atom stereocenters. The molecule has 0 aliphatic carbocycles. The van der Waals surface area contributed by atoms with Crippen LogP contribution in [0, 0.1) is 0 Å². The summed E-state index contributed by atoms with van der Waals surface area (Å²) in [6, 6.07) is 0. The monoisotopic (exact) mass is 746 g/mol. The molecule has 0 rings (SSSR count). The van der Waals surface area contributed by atoms with Crippen molar-refractivity contribution in [2.24, 2.45) is 0 Å². The fraction of sp³-hybridized carbons (Fsp3) is 0.769. The van der Waals surface area contributed by atoms with E-state index in [2.05, 4.69) is 6.92 Å². The predicted molar refractivity (Wildman–Crippen MR) is 144 cm³/mol. The average molecular weight is 747 g/mol. The molecule has 0 fully saturated rings. The van der Waals surface area contributed by atoms with Crippen molar-refractivity contribution in [2.45, 2.75) is 88.7 Å². The summed E-state index contributed by atoms with van der Waals surface area (Å²) in [7, 11) is -5.11. The van der Waals surface area contributed by atoms with Gasteiger partial charge in [0, 0.05) is 38.6 Å². The Morgan fingerprint density at radius 2 is 0.917 bits per heavy atom. The molecule has 0 aromatic carbocycles. The number of carbonyl (C=O) groups is 6. The summed E-state index contributed by atoms with van der Waals surface area (Å²) in [5.74, 6) is -9.48. The first-order valence-corrected chi connectivity index (χ1v) is 15.5. The molecule has 0 amide bonds. The molecule has 0 bridgehead atoms. The van der Waals surface area contributed by atoms with Gasteiger partial charge in [0.1, 0.15) is 4.75 Å². The summed E-state index contributed by atoms with van der Waals surface area (Å²) in [5.41, 5.74) is 0. The normalized spacial score (nSPS) is 11.6. The minimum absolute atomic E-state index is 0. The summed E-state index contributed by atoms with van der Waals surface area (Å²) in [6.45, 7) is -0.598. The van der Waals surface area contributed by atoms with Crippen molar-refractivity contribution < 1.29 is 191 Å². The first-order chi connectivity index (χ1) is 20.4. The molecule has 48 heavy (non-hydrogen) atoms. The van der Waals surface area contributed by atoms with E-state index >= 15 is 0 Å². The zero-order valence-electron chi connectivity index (χ0n) is 28.8. The first-order valence-electron chi connectivity index (χ1n) is 14.0. The molecule has 0 radical (unpaired) electrons. The number of nitrogens with zero attached hydrogens (tertiary/aromatic N) is 2. The molecular formula is C26H42N2Na4O15S. The molecule has 0 aromatic heterocycles. The van der Waals surface area contributed by atoms with Crippen LogP contribution in [-0.4, -0.2) is 113 Å². The van der Waals surface area contributed by atoms with E-state index in [0.29, 0.717) is 6.42 Å². The van der Waals surface area contributed by atoms with Crippen molar-refractivity contribution >= 4 is 45.9 Å². The third-order valence-corrected chi connectivity index (χ3v) is 7.89. The Morgan fingerprint density at radius 1 is 0.583 bits per heavy atom. The second-order valence-corrected chi connectivity index (χ2v) is 11.9. The summed E-state index contributed by atoms with van der Waals surface area (Å²) in [6.07, 6.45) is 7.72. The molecule has 256 valence electrons. The molecule has 17 nitrogen and oxygen atoms in total. The molecule has 22 heteroatoms. The van der Waals surface area contributed by atoms with Gasteiger partial charge in [-0.2, -0.15) is 8.42 Å². The van der Waals surface area contributed by atoms with Crippen LogP contribution in [0.15, 0.2) is 0 Å². The van der Waals surface area contributed by atoms with Gasteiger partial charge in [0.15, 0.2) is 0 Å². The van der Waals surface area contributed by atoms with Crippen LogP contribution in [0.5, 0.6) is 0 Å². The number of hydrogen-bond donors (Lipinski definition) is 3. The van der Waals surface area contributed by atoms with Crippen LogP contribution in [0.4, 0.5) is 0 Å². The van der Waals surface area contributed by atoms with Crippen LogP contribution in [0.1, 0.15) is 84.0 Å². The Labute approximate surface area is 369 Å². The number of unbranched alkanes of at least 4 members (excludes halogenated alkanes) is 9. The molecule has 0 heterocycles. The van der Waals surface area contributed by atoms with Gasteiger partial charge in [-0.15, -0.1) is 0 Å².